The summed E-state index contributed by atoms with van der Waals surface area (Å²) >= 11 is 0. The minimum absolute atomic E-state index is 0.146. The highest BCUT2D eigenvalue weighted by Crippen LogP contribution is 2.38. The molecule has 4 nitrogen and oxygen atoms in total. The summed E-state index contributed by atoms with van der Waals surface area (Å²) in [4.78, 5) is 0. The van der Waals surface area contributed by atoms with Gasteiger partial charge in [0.25, 0.3) is 0 Å². The average Bonchev–Trinajstić information content (AvgIpc) is 2.45. The molecule has 3 N–H and O–H groups in total. The van der Waals surface area contributed by atoms with E-state index in [9.17, 15) is 10.2 Å². The van der Waals surface area contributed by atoms with Gasteiger partial charge in [0.05, 0.1) is 24.9 Å². The van der Waals surface area contributed by atoms with Crippen LogP contribution in [0, 0.1) is 11.8 Å². The van der Waals surface area contributed by atoms with Crippen molar-refractivity contribution in [1.29, 1.82) is 0 Å². The second-order valence-electron chi connectivity index (χ2n) is 3.35. The zero-order chi connectivity index (χ0) is 9.42. The molecule has 0 radical (unpaired) electrons. The van der Waals surface area contributed by atoms with E-state index in [1.165, 1.54) is 6.26 Å². The Morgan fingerprint density at radius 2 is 2.15 bits per heavy atom. The summed E-state index contributed by atoms with van der Waals surface area (Å²) in [6, 6.07) is 0. The number of rotatable bonds is 1. The maximum atomic E-state index is 9.54. The third kappa shape index (κ3) is 1.27. The third-order valence-corrected chi connectivity index (χ3v) is 2.63. The van der Waals surface area contributed by atoms with Crippen LogP contribution < -0.4 is 0 Å². The van der Waals surface area contributed by atoms with Gasteiger partial charge in [0.2, 0.25) is 6.29 Å². The highest BCUT2D eigenvalue weighted by Gasteiger charge is 2.41. The zero-order valence-electron chi connectivity index (χ0n) is 7.00. The van der Waals surface area contributed by atoms with Crippen LogP contribution in [0.4, 0.5) is 0 Å². The molecule has 0 bridgehead atoms. The summed E-state index contributed by atoms with van der Waals surface area (Å²) in [5.74, 6) is -0.462. The first-order valence-electron chi connectivity index (χ1n) is 4.23. The van der Waals surface area contributed by atoms with E-state index in [-0.39, 0.29) is 18.4 Å². The van der Waals surface area contributed by atoms with Crippen molar-refractivity contribution in [3.63, 3.8) is 0 Å². The molecule has 0 aromatic rings. The number of aliphatic hydroxyl groups excluding tert-OH is 3. The molecular weight excluding hydrogens is 172 g/mol. The van der Waals surface area contributed by atoms with Crippen LogP contribution in [0.5, 0.6) is 0 Å². The Labute approximate surface area is 75.8 Å². The first-order chi connectivity index (χ1) is 6.24. The smallest absolute Gasteiger partial charge is 0.203 e. The van der Waals surface area contributed by atoms with Crippen LogP contribution in [0.25, 0.3) is 0 Å². The highest BCUT2D eigenvalue weighted by molar-refractivity contribution is 5.25. The van der Waals surface area contributed by atoms with Crippen LogP contribution in [-0.2, 0) is 4.74 Å². The molecule has 0 aromatic carbocycles. The Morgan fingerprint density at radius 1 is 1.38 bits per heavy atom. The first-order valence-corrected chi connectivity index (χ1v) is 4.23. The van der Waals surface area contributed by atoms with Crippen molar-refractivity contribution in [2.45, 2.75) is 12.4 Å². The van der Waals surface area contributed by atoms with Gasteiger partial charge < -0.3 is 20.1 Å². The van der Waals surface area contributed by atoms with Gasteiger partial charge in [-0.15, -0.1) is 0 Å². The molecule has 0 unspecified atom stereocenters. The Kier molecular flexibility index (Phi) is 2.11. The number of aliphatic hydroxyl groups is 3. The summed E-state index contributed by atoms with van der Waals surface area (Å²) in [5.41, 5.74) is 0.648. The van der Waals surface area contributed by atoms with Gasteiger partial charge in [-0.2, -0.15) is 0 Å². The van der Waals surface area contributed by atoms with Crippen LogP contribution in [0.2, 0.25) is 0 Å². The molecule has 0 aromatic heterocycles. The molecule has 0 amide bonds. The third-order valence-electron chi connectivity index (χ3n) is 2.63. The molecule has 4 heteroatoms. The van der Waals surface area contributed by atoms with Crippen molar-refractivity contribution in [2.24, 2.45) is 11.8 Å². The van der Waals surface area contributed by atoms with Crippen molar-refractivity contribution < 1.29 is 20.1 Å². The summed E-state index contributed by atoms with van der Waals surface area (Å²) < 4.78 is 4.88. The molecule has 1 aliphatic carbocycles. The quantitative estimate of drug-likeness (QED) is 0.475. The monoisotopic (exact) mass is 184 g/mol. The first kappa shape index (κ1) is 8.74. The van der Waals surface area contributed by atoms with E-state index < -0.39 is 12.4 Å². The fourth-order valence-electron chi connectivity index (χ4n) is 1.97. The Hall–Kier alpha value is -0.840. The molecule has 0 spiro atoms. The predicted octanol–water partition coefficient (Wildman–Crippen LogP) is -0.626. The zero-order valence-corrected chi connectivity index (χ0v) is 7.00. The SMILES string of the molecule is OCC1=C[C@@H](O)[C@@H]2C=CO[C@@H](O)[C@H]12. The van der Waals surface area contributed by atoms with Crippen molar-refractivity contribution in [3.05, 3.63) is 24.0 Å². The van der Waals surface area contributed by atoms with Gasteiger partial charge in [0.1, 0.15) is 0 Å². The molecular formula is C9H12O4. The molecule has 1 heterocycles. The van der Waals surface area contributed by atoms with E-state index in [1.54, 1.807) is 12.2 Å². The lowest BCUT2D eigenvalue weighted by Gasteiger charge is -2.29. The molecule has 0 fully saturated rings. The summed E-state index contributed by atoms with van der Waals surface area (Å²) in [6.07, 6.45) is 3.11. The molecule has 0 saturated heterocycles. The fraction of sp³-hybridized carbons (Fsp3) is 0.556. The Balaban J connectivity index is 2.27. The van der Waals surface area contributed by atoms with Crippen molar-refractivity contribution >= 4 is 0 Å². The second-order valence-corrected chi connectivity index (χ2v) is 3.35. The van der Waals surface area contributed by atoms with Gasteiger partial charge in [-0.25, -0.2) is 0 Å². The number of hydrogen-bond donors (Lipinski definition) is 3. The minimum Gasteiger partial charge on any atom is -0.472 e. The lowest BCUT2D eigenvalue weighted by Crippen LogP contribution is -2.34. The summed E-state index contributed by atoms with van der Waals surface area (Å²) in [6.45, 7) is -0.146. The Bertz CT molecular complexity index is 258. The van der Waals surface area contributed by atoms with E-state index in [0.717, 1.165) is 0 Å². The maximum Gasteiger partial charge on any atom is 0.203 e. The van der Waals surface area contributed by atoms with Crippen molar-refractivity contribution in [3.8, 4) is 0 Å². The van der Waals surface area contributed by atoms with Gasteiger partial charge in [-0.05, 0) is 11.6 Å². The molecule has 72 valence electrons. The lowest BCUT2D eigenvalue weighted by atomic mass is 9.88. The highest BCUT2D eigenvalue weighted by atomic mass is 16.6. The van der Waals surface area contributed by atoms with E-state index in [0.29, 0.717) is 5.57 Å². The van der Waals surface area contributed by atoms with Crippen LogP contribution >= 0.6 is 0 Å². The van der Waals surface area contributed by atoms with Gasteiger partial charge >= 0.3 is 0 Å². The van der Waals surface area contributed by atoms with Crippen LogP contribution in [0.15, 0.2) is 24.0 Å². The van der Waals surface area contributed by atoms with E-state index >= 15 is 0 Å². The van der Waals surface area contributed by atoms with Crippen molar-refractivity contribution in [1.82, 2.24) is 0 Å². The van der Waals surface area contributed by atoms with Gasteiger partial charge in [0.15, 0.2) is 0 Å². The minimum atomic E-state index is -0.953. The van der Waals surface area contributed by atoms with Gasteiger partial charge in [-0.3, -0.25) is 0 Å². The fourth-order valence-corrected chi connectivity index (χ4v) is 1.97. The molecule has 0 saturated carbocycles. The van der Waals surface area contributed by atoms with Gasteiger partial charge in [0, 0.05) is 5.92 Å². The second kappa shape index (κ2) is 3.14. The van der Waals surface area contributed by atoms with E-state index in [1.807, 2.05) is 0 Å². The average molecular weight is 184 g/mol. The van der Waals surface area contributed by atoms with E-state index in [4.69, 9.17) is 9.84 Å². The van der Waals surface area contributed by atoms with E-state index in [2.05, 4.69) is 0 Å². The molecule has 2 aliphatic rings. The lowest BCUT2D eigenvalue weighted by molar-refractivity contribution is -0.108. The normalized spacial score (nSPS) is 42.5. The van der Waals surface area contributed by atoms with Gasteiger partial charge in [-0.1, -0.05) is 6.08 Å². The number of fused-ring (bicyclic) bond motifs is 1. The largest absolute Gasteiger partial charge is 0.472 e. The predicted molar refractivity (Wildman–Crippen MR) is 44.4 cm³/mol. The topological polar surface area (TPSA) is 69.9 Å². The summed E-state index contributed by atoms with van der Waals surface area (Å²) in [7, 11) is 0. The molecule has 1 aliphatic heterocycles. The van der Waals surface area contributed by atoms with Crippen LogP contribution in [0.1, 0.15) is 0 Å². The molecule has 13 heavy (non-hydrogen) atoms. The van der Waals surface area contributed by atoms with Crippen LogP contribution in [-0.4, -0.2) is 34.3 Å². The number of ether oxygens (including phenoxy) is 1. The molecule has 2 rings (SSSR count). The number of hydrogen-bond acceptors (Lipinski definition) is 4. The van der Waals surface area contributed by atoms with Crippen LogP contribution in [0.3, 0.4) is 0 Å². The summed E-state index contributed by atoms with van der Waals surface area (Å²) in [5, 5.41) is 28.0. The Morgan fingerprint density at radius 3 is 2.85 bits per heavy atom. The van der Waals surface area contributed by atoms with Crippen molar-refractivity contribution in [2.75, 3.05) is 6.61 Å². The maximum absolute atomic E-state index is 9.54. The standard InChI is InChI=1S/C9H12O4/c10-4-5-3-7(11)6-1-2-13-9(12)8(5)6/h1-3,6-12H,4H2/t6-,7+,8+,9+/m0/s1. The molecule has 4 atom stereocenters.